The molecule has 1 aromatic heterocycles. The highest BCUT2D eigenvalue weighted by atomic mass is 16.1. The van der Waals surface area contributed by atoms with Crippen molar-refractivity contribution in [2.24, 2.45) is 0 Å². The predicted octanol–water partition coefficient (Wildman–Crippen LogP) is 0.260. The van der Waals surface area contributed by atoms with E-state index in [-0.39, 0.29) is 5.69 Å². The van der Waals surface area contributed by atoms with Crippen LogP contribution in [0, 0.1) is 0 Å². The number of hydrogen-bond acceptors (Lipinski definition) is 3. The summed E-state index contributed by atoms with van der Waals surface area (Å²) in [6.07, 6.45) is 0. The van der Waals surface area contributed by atoms with E-state index in [2.05, 4.69) is 33.3 Å². The lowest BCUT2D eigenvalue weighted by Gasteiger charge is -2.35. The van der Waals surface area contributed by atoms with E-state index in [4.69, 9.17) is 0 Å². The number of H-pyrrole nitrogens is 2. The molecule has 3 N–H and O–H groups in total. The van der Waals surface area contributed by atoms with Gasteiger partial charge >= 0.3 is 5.69 Å². The van der Waals surface area contributed by atoms with E-state index in [1.165, 1.54) is 5.56 Å². The van der Waals surface area contributed by atoms with Crippen LogP contribution in [0.5, 0.6) is 0 Å². The first-order valence-corrected chi connectivity index (χ1v) is 5.84. The van der Waals surface area contributed by atoms with Crippen LogP contribution in [-0.2, 0) is 6.54 Å². The molecule has 0 saturated carbocycles. The standard InChI is InChI=1S/C12H16N4O/c1-16(9-5-13-6-9)7-8-2-3-10-11(4-8)15-12(17)14-10/h2-4,9,13H,5-7H2,1H3,(H2,14,15,17). The average molecular weight is 232 g/mol. The highest BCUT2D eigenvalue weighted by molar-refractivity contribution is 5.74. The molecule has 1 fully saturated rings. The van der Waals surface area contributed by atoms with Crippen LogP contribution < -0.4 is 11.0 Å². The van der Waals surface area contributed by atoms with Crippen LogP contribution in [0.3, 0.4) is 0 Å². The molecular formula is C12H16N4O. The summed E-state index contributed by atoms with van der Waals surface area (Å²) in [5.41, 5.74) is 2.83. The lowest BCUT2D eigenvalue weighted by molar-refractivity contribution is 0.173. The third-order valence-corrected chi connectivity index (χ3v) is 3.40. The second-order valence-electron chi connectivity index (χ2n) is 4.69. The predicted molar refractivity (Wildman–Crippen MR) is 67.0 cm³/mol. The van der Waals surface area contributed by atoms with E-state index in [0.29, 0.717) is 6.04 Å². The Morgan fingerprint density at radius 3 is 2.76 bits per heavy atom. The quantitative estimate of drug-likeness (QED) is 0.711. The number of benzene rings is 1. The van der Waals surface area contributed by atoms with E-state index >= 15 is 0 Å². The number of nitrogens with one attached hydrogen (secondary N) is 3. The van der Waals surface area contributed by atoms with Gasteiger partial charge in [-0.1, -0.05) is 6.07 Å². The van der Waals surface area contributed by atoms with E-state index in [1.54, 1.807) is 0 Å². The fourth-order valence-corrected chi connectivity index (χ4v) is 2.18. The molecule has 90 valence electrons. The molecule has 5 heteroatoms. The van der Waals surface area contributed by atoms with Gasteiger partial charge in [0.05, 0.1) is 11.0 Å². The Morgan fingerprint density at radius 1 is 1.29 bits per heavy atom. The van der Waals surface area contributed by atoms with Crippen molar-refractivity contribution < 1.29 is 0 Å². The molecule has 1 aliphatic rings. The minimum atomic E-state index is -0.145. The number of nitrogens with zero attached hydrogens (tertiary/aromatic N) is 1. The van der Waals surface area contributed by atoms with Crippen molar-refractivity contribution in [3.8, 4) is 0 Å². The summed E-state index contributed by atoms with van der Waals surface area (Å²) in [7, 11) is 2.13. The summed E-state index contributed by atoms with van der Waals surface area (Å²) >= 11 is 0. The van der Waals surface area contributed by atoms with Crippen LogP contribution in [0.25, 0.3) is 11.0 Å². The molecule has 3 rings (SSSR count). The van der Waals surface area contributed by atoms with Crippen LogP contribution in [-0.4, -0.2) is 41.0 Å². The number of hydrogen-bond donors (Lipinski definition) is 3. The monoisotopic (exact) mass is 232 g/mol. The van der Waals surface area contributed by atoms with Gasteiger partial charge in [0, 0.05) is 25.7 Å². The molecule has 0 aliphatic carbocycles. The van der Waals surface area contributed by atoms with Gasteiger partial charge < -0.3 is 15.3 Å². The molecule has 1 saturated heterocycles. The van der Waals surface area contributed by atoms with Crippen molar-refractivity contribution in [1.82, 2.24) is 20.2 Å². The normalized spacial score (nSPS) is 16.6. The third kappa shape index (κ3) is 1.99. The van der Waals surface area contributed by atoms with E-state index in [9.17, 15) is 4.79 Å². The van der Waals surface area contributed by atoms with E-state index in [0.717, 1.165) is 30.7 Å². The molecule has 1 aliphatic heterocycles. The Hall–Kier alpha value is -1.59. The third-order valence-electron chi connectivity index (χ3n) is 3.40. The SMILES string of the molecule is CN(Cc1ccc2[nH]c(=O)[nH]c2c1)C1CNC1. The molecular weight excluding hydrogens is 216 g/mol. The number of aromatic nitrogens is 2. The topological polar surface area (TPSA) is 63.9 Å². The lowest BCUT2D eigenvalue weighted by atomic mass is 10.1. The molecule has 0 radical (unpaired) electrons. The van der Waals surface area contributed by atoms with E-state index < -0.39 is 0 Å². The first-order chi connectivity index (χ1) is 8.22. The van der Waals surface area contributed by atoms with Gasteiger partial charge in [0.15, 0.2) is 0 Å². The van der Waals surface area contributed by atoms with Gasteiger partial charge in [-0.3, -0.25) is 4.90 Å². The smallest absolute Gasteiger partial charge is 0.314 e. The molecule has 0 atom stereocenters. The first-order valence-electron chi connectivity index (χ1n) is 5.84. The summed E-state index contributed by atoms with van der Waals surface area (Å²) in [5.74, 6) is 0. The summed E-state index contributed by atoms with van der Waals surface area (Å²) in [4.78, 5) is 19.0. The Bertz CT molecular complexity index is 581. The lowest BCUT2D eigenvalue weighted by Crippen LogP contribution is -2.55. The second-order valence-corrected chi connectivity index (χ2v) is 4.69. The molecule has 2 aromatic rings. The van der Waals surface area contributed by atoms with Crippen LogP contribution in [0.2, 0.25) is 0 Å². The zero-order valence-electron chi connectivity index (χ0n) is 9.79. The van der Waals surface area contributed by atoms with Gasteiger partial charge in [0.1, 0.15) is 0 Å². The fourth-order valence-electron chi connectivity index (χ4n) is 2.18. The molecule has 0 amide bonds. The molecule has 0 bridgehead atoms. The maximum Gasteiger partial charge on any atom is 0.323 e. The molecule has 5 nitrogen and oxygen atoms in total. The number of rotatable bonds is 3. The van der Waals surface area contributed by atoms with Crippen molar-refractivity contribution >= 4 is 11.0 Å². The van der Waals surface area contributed by atoms with Crippen LogP contribution in [0.1, 0.15) is 5.56 Å². The molecule has 0 unspecified atom stereocenters. The molecule has 2 heterocycles. The largest absolute Gasteiger partial charge is 0.323 e. The Kier molecular flexibility index (Phi) is 2.49. The number of fused-ring (bicyclic) bond motifs is 1. The van der Waals surface area contributed by atoms with Crippen LogP contribution >= 0.6 is 0 Å². The van der Waals surface area contributed by atoms with Gasteiger partial charge in [-0.05, 0) is 24.7 Å². The zero-order chi connectivity index (χ0) is 11.8. The average Bonchev–Trinajstić information content (AvgIpc) is 2.54. The van der Waals surface area contributed by atoms with Crippen LogP contribution in [0.4, 0.5) is 0 Å². The van der Waals surface area contributed by atoms with Gasteiger partial charge in [0.2, 0.25) is 0 Å². The minimum absolute atomic E-state index is 0.145. The molecule has 1 aromatic carbocycles. The summed E-state index contributed by atoms with van der Waals surface area (Å²) in [6.45, 7) is 3.05. The highest BCUT2D eigenvalue weighted by Gasteiger charge is 2.21. The van der Waals surface area contributed by atoms with Gasteiger partial charge in [-0.2, -0.15) is 0 Å². The van der Waals surface area contributed by atoms with E-state index in [1.807, 2.05) is 12.1 Å². The number of likely N-dealkylation sites (N-methyl/N-ethyl adjacent to an activating group) is 1. The molecule has 0 spiro atoms. The Labute approximate surface area is 98.8 Å². The second kappa shape index (κ2) is 4.01. The number of aromatic amines is 2. The van der Waals surface area contributed by atoms with Crippen molar-refractivity contribution in [3.63, 3.8) is 0 Å². The summed E-state index contributed by atoms with van der Waals surface area (Å²) in [6, 6.07) is 6.69. The van der Waals surface area contributed by atoms with Gasteiger partial charge in [-0.25, -0.2) is 4.79 Å². The van der Waals surface area contributed by atoms with Crippen molar-refractivity contribution in [1.29, 1.82) is 0 Å². The maximum absolute atomic E-state index is 11.2. The number of imidazole rings is 1. The summed E-state index contributed by atoms with van der Waals surface area (Å²) < 4.78 is 0. The fraction of sp³-hybridized carbons (Fsp3) is 0.417. The minimum Gasteiger partial charge on any atom is -0.314 e. The maximum atomic E-state index is 11.2. The van der Waals surface area contributed by atoms with Gasteiger partial charge in [-0.15, -0.1) is 0 Å². The Morgan fingerprint density at radius 2 is 2.06 bits per heavy atom. The van der Waals surface area contributed by atoms with Gasteiger partial charge in [0.25, 0.3) is 0 Å². The first kappa shape index (κ1) is 10.6. The van der Waals surface area contributed by atoms with Crippen molar-refractivity contribution in [2.75, 3.05) is 20.1 Å². The van der Waals surface area contributed by atoms with Crippen molar-refractivity contribution in [2.45, 2.75) is 12.6 Å². The van der Waals surface area contributed by atoms with Crippen molar-refractivity contribution in [3.05, 3.63) is 34.2 Å². The Balaban J connectivity index is 1.82. The zero-order valence-corrected chi connectivity index (χ0v) is 9.79. The highest BCUT2D eigenvalue weighted by Crippen LogP contribution is 2.13. The summed E-state index contributed by atoms with van der Waals surface area (Å²) in [5, 5.41) is 3.27. The molecule has 17 heavy (non-hydrogen) atoms. The van der Waals surface area contributed by atoms with Crippen LogP contribution in [0.15, 0.2) is 23.0 Å².